The van der Waals surface area contributed by atoms with Gasteiger partial charge >= 0.3 is 0 Å². The summed E-state index contributed by atoms with van der Waals surface area (Å²) in [6.07, 6.45) is 6.14. The van der Waals surface area contributed by atoms with Crippen LogP contribution in [0, 0.1) is 0 Å². The second kappa shape index (κ2) is 5.18. The van der Waals surface area contributed by atoms with Gasteiger partial charge in [-0.15, -0.1) is 5.10 Å². The number of nitrogens with zero attached hydrogens (tertiary/aromatic N) is 3. The van der Waals surface area contributed by atoms with Crippen molar-refractivity contribution in [1.82, 2.24) is 14.8 Å². The third-order valence-electron chi connectivity index (χ3n) is 2.13. The molecular formula is C11H13BrN4O. The van der Waals surface area contributed by atoms with E-state index in [1.165, 1.54) is 0 Å². The molecule has 2 N–H and O–H groups in total. The molecule has 0 saturated carbocycles. The number of halogens is 1. The third kappa shape index (κ3) is 2.76. The van der Waals surface area contributed by atoms with E-state index < -0.39 is 0 Å². The number of rotatable bonds is 4. The molecule has 2 heterocycles. The van der Waals surface area contributed by atoms with Gasteiger partial charge in [-0.05, 0) is 22.4 Å². The van der Waals surface area contributed by atoms with Crippen LogP contribution in [0.1, 0.15) is 13.3 Å². The second-order valence-corrected chi connectivity index (χ2v) is 4.39. The molecule has 0 atom stereocenters. The summed E-state index contributed by atoms with van der Waals surface area (Å²) in [6, 6.07) is 1.88. The van der Waals surface area contributed by atoms with Gasteiger partial charge in [-0.2, -0.15) is 0 Å². The highest BCUT2D eigenvalue weighted by atomic mass is 79.9. The van der Waals surface area contributed by atoms with Crippen molar-refractivity contribution in [2.45, 2.75) is 13.3 Å². The Labute approximate surface area is 108 Å². The fraction of sp³-hybridized carbons (Fsp3) is 0.273. The fourth-order valence-corrected chi connectivity index (χ4v) is 1.60. The zero-order valence-corrected chi connectivity index (χ0v) is 11.0. The molecule has 0 fully saturated rings. The van der Waals surface area contributed by atoms with Crippen LogP contribution in [0.3, 0.4) is 0 Å². The van der Waals surface area contributed by atoms with Gasteiger partial charge in [0.05, 0.1) is 29.2 Å². The smallest absolute Gasteiger partial charge is 0.160 e. The Morgan fingerprint density at radius 2 is 2.29 bits per heavy atom. The first-order valence-electron chi connectivity index (χ1n) is 5.29. The largest absolute Gasteiger partial charge is 0.492 e. The van der Waals surface area contributed by atoms with Crippen molar-refractivity contribution < 1.29 is 4.74 Å². The number of nitrogen functional groups attached to an aromatic ring is 1. The Kier molecular flexibility index (Phi) is 3.63. The minimum absolute atomic E-state index is 0.449. The Bertz CT molecular complexity index is 492. The molecule has 0 aliphatic heterocycles. The summed E-state index contributed by atoms with van der Waals surface area (Å²) in [5.41, 5.74) is 6.48. The molecule has 2 aromatic heterocycles. The first-order valence-corrected chi connectivity index (χ1v) is 6.09. The van der Waals surface area contributed by atoms with E-state index in [1.54, 1.807) is 23.3 Å². The lowest BCUT2D eigenvalue weighted by molar-refractivity contribution is 0.316. The summed E-state index contributed by atoms with van der Waals surface area (Å²) in [5, 5.41) is 4.15. The molecule has 0 radical (unpaired) electrons. The van der Waals surface area contributed by atoms with Crippen molar-refractivity contribution in [2.75, 3.05) is 12.3 Å². The second-order valence-electron chi connectivity index (χ2n) is 3.53. The summed E-state index contributed by atoms with van der Waals surface area (Å²) in [5.74, 6) is 1.18. The van der Waals surface area contributed by atoms with Crippen molar-refractivity contribution in [1.29, 1.82) is 0 Å². The molecule has 0 saturated heterocycles. The third-order valence-corrected chi connectivity index (χ3v) is 2.74. The van der Waals surface area contributed by atoms with Crippen molar-refractivity contribution >= 4 is 21.7 Å². The van der Waals surface area contributed by atoms with Crippen LogP contribution in [0.4, 0.5) is 5.82 Å². The summed E-state index contributed by atoms with van der Waals surface area (Å²) in [6.45, 7) is 2.73. The minimum atomic E-state index is 0.449. The Hall–Kier alpha value is -1.56. The normalized spacial score (nSPS) is 10.5. The molecule has 0 spiro atoms. The van der Waals surface area contributed by atoms with E-state index in [1.807, 2.05) is 6.07 Å². The molecule has 2 aromatic rings. The van der Waals surface area contributed by atoms with Crippen LogP contribution < -0.4 is 10.5 Å². The minimum Gasteiger partial charge on any atom is -0.492 e. The summed E-state index contributed by atoms with van der Waals surface area (Å²) < 4.78 is 7.93. The van der Waals surface area contributed by atoms with Crippen LogP contribution in [0.25, 0.3) is 5.69 Å². The molecule has 5 nitrogen and oxygen atoms in total. The number of aromatic nitrogens is 3. The van der Waals surface area contributed by atoms with Crippen LogP contribution in [0.5, 0.6) is 5.75 Å². The van der Waals surface area contributed by atoms with E-state index in [-0.39, 0.29) is 0 Å². The number of hydrogen-bond acceptors (Lipinski definition) is 4. The van der Waals surface area contributed by atoms with Crippen molar-refractivity contribution in [2.24, 2.45) is 0 Å². The Balaban J connectivity index is 2.26. The van der Waals surface area contributed by atoms with E-state index in [2.05, 4.69) is 32.9 Å². The van der Waals surface area contributed by atoms with Gasteiger partial charge in [-0.25, -0.2) is 4.68 Å². The first-order chi connectivity index (χ1) is 8.20. The number of pyridine rings is 1. The number of hydrogen-bond donors (Lipinski definition) is 1. The van der Waals surface area contributed by atoms with Crippen LogP contribution >= 0.6 is 15.9 Å². The molecule has 17 heavy (non-hydrogen) atoms. The highest BCUT2D eigenvalue weighted by Crippen LogP contribution is 2.21. The maximum absolute atomic E-state index is 5.67. The van der Waals surface area contributed by atoms with Crippen LogP contribution in [-0.4, -0.2) is 21.4 Å². The summed E-state index contributed by atoms with van der Waals surface area (Å²) >= 11 is 3.31. The first kappa shape index (κ1) is 11.9. The van der Waals surface area contributed by atoms with Crippen LogP contribution in [-0.2, 0) is 0 Å². The van der Waals surface area contributed by atoms with Crippen LogP contribution in [0.2, 0.25) is 0 Å². The lowest BCUT2D eigenvalue weighted by atomic mass is 10.4. The van der Waals surface area contributed by atoms with E-state index in [4.69, 9.17) is 10.5 Å². The molecule has 0 unspecified atom stereocenters. The maximum Gasteiger partial charge on any atom is 0.160 e. The Morgan fingerprint density at radius 3 is 2.94 bits per heavy atom. The van der Waals surface area contributed by atoms with Gasteiger partial charge in [-0.1, -0.05) is 6.92 Å². The van der Waals surface area contributed by atoms with Crippen molar-refractivity contribution in [3.8, 4) is 11.4 Å². The standard InChI is InChI=1S/C11H13BrN4O/c1-2-3-17-9-4-8(5-14-6-9)16-7-10(12)11(13)15-16/h4-7H,2-3H2,1H3,(H2,13,15). The number of anilines is 1. The molecule has 0 aliphatic carbocycles. The predicted octanol–water partition coefficient (Wildman–Crippen LogP) is 2.40. The van der Waals surface area contributed by atoms with Gasteiger partial charge in [0.25, 0.3) is 0 Å². The number of nitrogens with two attached hydrogens (primary N) is 1. The Morgan fingerprint density at radius 1 is 1.47 bits per heavy atom. The van der Waals surface area contributed by atoms with E-state index in [9.17, 15) is 0 Å². The molecule has 0 bridgehead atoms. The van der Waals surface area contributed by atoms with Gasteiger partial charge in [-0.3, -0.25) is 4.98 Å². The van der Waals surface area contributed by atoms with Crippen molar-refractivity contribution in [3.63, 3.8) is 0 Å². The van der Waals surface area contributed by atoms with Gasteiger partial charge < -0.3 is 10.5 Å². The predicted molar refractivity (Wildman–Crippen MR) is 69.3 cm³/mol. The zero-order valence-electron chi connectivity index (χ0n) is 9.43. The molecule has 90 valence electrons. The molecule has 2 rings (SSSR count). The van der Waals surface area contributed by atoms with Crippen LogP contribution in [0.15, 0.2) is 29.1 Å². The SMILES string of the molecule is CCCOc1cncc(-n2cc(Br)c(N)n2)c1. The lowest BCUT2D eigenvalue weighted by Gasteiger charge is -2.06. The summed E-state index contributed by atoms with van der Waals surface area (Å²) in [4.78, 5) is 4.11. The number of ether oxygens (including phenoxy) is 1. The van der Waals surface area contributed by atoms with E-state index in [0.29, 0.717) is 12.4 Å². The van der Waals surface area contributed by atoms with Gasteiger partial charge in [0, 0.05) is 12.3 Å². The average Bonchev–Trinajstić information content (AvgIpc) is 2.68. The monoisotopic (exact) mass is 296 g/mol. The maximum atomic E-state index is 5.67. The molecule has 0 aliphatic rings. The highest BCUT2D eigenvalue weighted by molar-refractivity contribution is 9.10. The van der Waals surface area contributed by atoms with E-state index >= 15 is 0 Å². The van der Waals surface area contributed by atoms with E-state index in [0.717, 1.165) is 22.3 Å². The molecule has 0 aromatic carbocycles. The topological polar surface area (TPSA) is 66.0 Å². The zero-order chi connectivity index (χ0) is 12.3. The summed E-state index contributed by atoms with van der Waals surface area (Å²) in [7, 11) is 0. The fourth-order valence-electron chi connectivity index (χ4n) is 1.33. The van der Waals surface area contributed by atoms with Gasteiger partial charge in [0.2, 0.25) is 0 Å². The molecular weight excluding hydrogens is 284 g/mol. The highest BCUT2D eigenvalue weighted by Gasteiger charge is 2.05. The average molecular weight is 297 g/mol. The van der Waals surface area contributed by atoms with Crippen molar-refractivity contribution in [3.05, 3.63) is 29.1 Å². The van der Waals surface area contributed by atoms with Gasteiger partial charge in [0.15, 0.2) is 5.82 Å². The quantitative estimate of drug-likeness (QED) is 0.941. The molecule has 6 heteroatoms. The van der Waals surface area contributed by atoms with Gasteiger partial charge in [0.1, 0.15) is 5.75 Å². The lowest BCUT2D eigenvalue weighted by Crippen LogP contribution is -2.00. The molecule has 0 amide bonds.